The van der Waals surface area contributed by atoms with Gasteiger partial charge < -0.3 is 5.73 Å². The van der Waals surface area contributed by atoms with Crippen LogP contribution in [0.25, 0.3) is 0 Å². The van der Waals surface area contributed by atoms with Crippen molar-refractivity contribution in [3.8, 4) is 0 Å². The van der Waals surface area contributed by atoms with Gasteiger partial charge in [-0.05, 0) is 37.1 Å². The molecule has 0 atom stereocenters. The summed E-state index contributed by atoms with van der Waals surface area (Å²) in [5.41, 5.74) is 9.51. The van der Waals surface area contributed by atoms with Crippen LogP contribution in [0.4, 0.5) is 0 Å². The van der Waals surface area contributed by atoms with Gasteiger partial charge in [-0.15, -0.1) is 11.8 Å². The number of hydrogen-bond donors (Lipinski definition) is 1. The van der Waals surface area contributed by atoms with Gasteiger partial charge in [0.1, 0.15) is 0 Å². The molecule has 0 amide bonds. The standard InChI is InChI=1S/C15H18N2S/c1-12-4-2-5-13(10-12)11-18-15-14(7-8-16)6-3-9-17-15/h2-6,9-10H,7-8,11,16H2,1H3. The second-order valence-corrected chi connectivity index (χ2v) is 5.25. The lowest BCUT2D eigenvalue weighted by Crippen LogP contribution is -2.04. The molecule has 2 rings (SSSR count). The van der Waals surface area contributed by atoms with Crippen molar-refractivity contribution >= 4 is 11.8 Å². The molecule has 0 spiro atoms. The van der Waals surface area contributed by atoms with Crippen molar-refractivity contribution in [2.75, 3.05) is 6.54 Å². The molecule has 0 radical (unpaired) electrons. The third-order valence-corrected chi connectivity index (χ3v) is 3.84. The SMILES string of the molecule is Cc1cccc(CSc2ncccc2CCN)c1. The van der Waals surface area contributed by atoms with Crippen molar-refractivity contribution in [1.82, 2.24) is 4.98 Å². The predicted octanol–water partition coefficient (Wildman–Crippen LogP) is 3.18. The molecule has 1 heterocycles. The lowest BCUT2D eigenvalue weighted by atomic mass is 10.2. The highest BCUT2D eigenvalue weighted by Gasteiger charge is 2.04. The first-order valence-corrected chi connectivity index (χ1v) is 7.10. The monoisotopic (exact) mass is 258 g/mol. The van der Waals surface area contributed by atoms with Gasteiger partial charge in [-0.25, -0.2) is 4.98 Å². The molecule has 0 saturated heterocycles. The number of benzene rings is 1. The van der Waals surface area contributed by atoms with Crippen LogP contribution in [0.3, 0.4) is 0 Å². The van der Waals surface area contributed by atoms with Crippen LogP contribution in [-0.2, 0) is 12.2 Å². The molecule has 0 fully saturated rings. The Morgan fingerprint density at radius 2 is 2.11 bits per heavy atom. The number of nitrogens with zero attached hydrogens (tertiary/aromatic N) is 1. The van der Waals surface area contributed by atoms with Gasteiger partial charge in [0, 0.05) is 11.9 Å². The molecule has 18 heavy (non-hydrogen) atoms. The summed E-state index contributed by atoms with van der Waals surface area (Å²) in [6.45, 7) is 2.79. The van der Waals surface area contributed by atoms with Crippen LogP contribution < -0.4 is 5.73 Å². The van der Waals surface area contributed by atoms with Gasteiger partial charge in [-0.3, -0.25) is 0 Å². The minimum atomic E-state index is 0.670. The third kappa shape index (κ3) is 3.59. The fourth-order valence-electron chi connectivity index (χ4n) is 1.85. The Hall–Kier alpha value is -1.32. The molecule has 2 aromatic rings. The molecule has 3 heteroatoms. The molecule has 0 bridgehead atoms. The van der Waals surface area contributed by atoms with E-state index >= 15 is 0 Å². The first-order valence-electron chi connectivity index (χ1n) is 6.12. The van der Waals surface area contributed by atoms with E-state index in [9.17, 15) is 0 Å². The number of thioether (sulfide) groups is 1. The average Bonchev–Trinajstić information content (AvgIpc) is 2.38. The molecule has 1 aromatic carbocycles. The highest BCUT2D eigenvalue weighted by Crippen LogP contribution is 2.24. The van der Waals surface area contributed by atoms with E-state index in [1.165, 1.54) is 16.7 Å². The molecule has 94 valence electrons. The topological polar surface area (TPSA) is 38.9 Å². The Labute approximate surface area is 113 Å². The number of hydrogen-bond acceptors (Lipinski definition) is 3. The largest absolute Gasteiger partial charge is 0.330 e. The molecule has 0 aliphatic carbocycles. The van der Waals surface area contributed by atoms with Gasteiger partial charge in [0.2, 0.25) is 0 Å². The lowest BCUT2D eigenvalue weighted by molar-refractivity contribution is 0.911. The summed E-state index contributed by atoms with van der Waals surface area (Å²) in [7, 11) is 0. The quantitative estimate of drug-likeness (QED) is 0.837. The van der Waals surface area contributed by atoms with Crippen LogP contribution in [0.5, 0.6) is 0 Å². The van der Waals surface area contributed by atoms with Gasteiger partial charge in [0.15, 0.2) is 0 Å². The van der Waals surface area contributed by atoms with Crippen LogP contribution in [0.2, 0.25) is 0 Å². The Morgan fingerprint density at radius 3 is 2.89 bits per heavy atom. The summed E-state index contributed by atoms with van der Waals surface area (Å²) < 4.78 is 0. The maximum absolute atomic E-state index is 5.62. The highest BCUT2D eigenvalue weighted by molar-refractivity contribution is 7.98. The van der Waals surface area contributed by atoms with Crippen LogP contribution in [-0.4, -0.2) is 11.5 Å². The van der Waals surface area contributed by atoms with E-state index in [4.69, 9.17) is 5.73 Å². The smallest absolute Gasteiger partial charge is 0.0995 e. The number of nitrogens with two attached hydrogens (primary N) is 1. The zero-order valence-corrected chi connectivity index (χ0v) is 11.4. The van der Waals surface area contributed by atoms with Gasteiger partial charge >= 0.3 is 0 Å². The van der Waals surface area contributed by atoms with Crippen molar-refractivity contribution in [1.29, 1.82) is 0 Å². The summed E-state index contributed by atoms with van der Waals surface area (Å²) in [4.78, 5) is 4.44. The number of rotatable bonds is 5. The molecule has 0 saturated carbocycles. The lowest BCUT2D eigenvalue weighted by Gasteiger charge is -2.07. The van der Waals surface area contributed by atoms with Crippen LogP contribution in [0.1, 0.15) is 16.7 Å². The van der Waals surface area contributed by atoms with E-state index in [0.717, 1.165) is 17.2 Å². The number of pyridine rings is 1. The Morgan fingerprint density at radius 1 is 1.22 bits per heavy atom. The summed E-state index contributed by atoms with van der Waals surface area (Å²) in [5, 5.41) is 1.10. The second kappa shape index (κ2) is 6.57. The van der Waals surface area contributed by atoms with Crippen LogP contribution in [0, 0.1) is 6.92 Å². The molecule has 0 aliphatic heterocycles. The van der Waals surface area contributed by atoms with E-state index in [1.54, 1.807) is 11.8 Å². The van der Waals surface area contributed by atoms with Crippen molar-refractivity contribution in [3.05, 3.63) is 59.3 Å². The highest BCUT2D eigenvalue weighted by atomic mass is 32.2. The van der Waals surface area contributed by atoms with E-state index < -0.39 is 0 Å². The summed E-state index contributed by atoms with van der Waals surface area (Å²) in [6, 6.07) is 12.7. The molecule has 2 N–H and O–H groups in total. The first kappa shape index (κ1) is 13.1. The van der Waals surface area contributed by atoms with E-state index in [0.29, 0.717) is 6.54 Å². The second-order valence-electron chi connectivity index (χ2n) is 4.28. The first-order chi connectivity index (χ1) is 8.79. The molecule has 0 aliphatic rings. The zero-order chi connectivity index (χ0) is 12.8. The van der Waals surface area contributed by atoms with Gasteiger partial charge in [-0.2, -0.15) is 0 Å². The molecular formula is C15H18N2S. The summed E-state index contributed by atoms with van der Waals surface area (Å²) >= 11 is 1.78. The Bertz CT molecular complexity index is 511. The molecule has 1 aromatic heterocycles. The predicted molar refractivity (Wildman–Crippen MR) is 77.7 cm³/mol. The van der Waals surface area contributed by atoms with Gasteiger partial charge in [0.05, 0.1) is 5.03 Å². The summed E-state index contributed by atoms with van der Waals surface area (Å²) in [6.07, 6.45) is 2.74. The Balaban J connectivity index is 2.06. The van der Waals surface area contributed by atoms with E-state index in [2.05, 4.69) is 42.2 Å². The average molecular weight is 258 g/mol. The molecule has 2 nitrogen and oxygen atoms in total. The summed E-state index contributed by atoms with van der Waals surface area (Å²) in [5.74, 6) is 0.955. The van der Waals surface area contributed by atoms with Crippen LogP contribution >= 0.6 is 11.8 Å². The van der Waals surface area contributed by atoms with E-state index in [1.807, 2.05) is 12.3 Å². The molecule has 0 unspecified atom stereocenters. The third-order valence-electron chi connectivity index (χ3n) is 2.72. The molecular weight excluding hydrogens is 240 g/mol. The van der Waals surface area contributed by atoms with Crippen molar-refractivity contribution in [2.24, 2.45) is 5.73 Å². The maximum atomic E-state index is 5.62. The zero-order valence-electron chi connectivity index (χ0n) is 10.6. The van der Waals surface area contributed by atoms with Crippen molar-refractivity contribution in [3.63, 3.8) is 0 Å². The van der Waals surface area contributed by atoms with Gasteiger partial charge in [-0.1, -0.05) is 35.9 Å². The van der Waals surface area contributed by atoms with E-state index in [-0.39, 0.29) is 0 Å². The normalized spacial score (nSPS) is 10.6. The minimum Gasteiger partial charge on any atom is -0.330 e. The maximum Gasteiger partial charge on any atom is 0.0995 e. The van der Waals surface area contributed by atoms with Crippen molar-refractivity contribution in [2.45, 2.75) is 24.1 Å². The fourth-order valence-corrected chi connectivity index (χ4v) is 2.83. The number of aromatic nitrogens is 1. The van der Waals surface area contributed by atoms with Crippen LogP contribution in [0.15, 0.2) is 47.6 Å². The number of aryl methyl sites for hydroxylation is 1. The fraction of sp³-hybridized carbons (Fsp3) is 0.267. The Kier molecular flexibility index (Phi) is 4.79. The minimum absolute atomic E-state index is 0.670. The van der Waals surface area contributed by atoms with Gasteiger partial charge in [0.25, 0.3) is 0 Å². The van der Waals surface area contributed by atoms with Crippen molar-refractivity contribution < 1.29 is 0 Å².